The van der Waals surface area contributed by atoms with Gasteiger partial charge in [-0.05, 0) is 6.26 Å². The number of aryl methyl sites for hydroxylation is 1. The molecule has 0 aliphatic heterocycles. The van der Waals surface area contributed by atoms with E-state index in [2.05, 4.69) is 21.2 Å². The third-order valence-corrected chi connectivity index (χ3v) is 4.25. The molecular formula is C10H16N6S2. The average Bonchev–Trinajstić information content (AvgIpc) is 2.72. The Balaban J connectivity index is 2.05. The lowest BCUT2D eigenvalue weighted by Gasteiger charge is -2.04. The molecule has 0 aromatic carbocycles. The second-order valence-corrected chi connectivity index (χ2v) is 5.89. The van der Waals surface area contributed by atoms with Gasteiger partial charge in [-0.1, -0.05) is 0 Å². The molecule has 2 heterocycles. The number of hydrogen-bond acceptors (Lipinski definition) is 7. The van der Waals surface area contributed by atoms with Crippen LogP contribution in [0, 0.1) is 0 Å². The minimum absolute atomic E-state index is 0.191. The first-order valence-electron chi connectivity index (χ1n) is 5.53. The minimum atomic E-state index is 0.191. The molecule has 2 aromatic rings. The molecule has 0 atom stereocenters. The van der Waals surface area contributed by atoms with Gasteiger partial charge in [0.25, 0.3) is 0 Å². The smallest absolute Gasteiger partial charge is 0.224 e. The maximum atomic E-state index is 5.75. The van der Waals surface area contributed by atoms with Crippen LogP contribution in [0.25, 0.3) is 11.2 Å². The fourth-order valence-corrected chi connectivity index (χ4v) is 3.22. The van der Waals surface area contributed by atoms with Crippen LogP contribution < -0.4 is 11.5 Å². The first-order valence-corrected chi connectivity index (χ1v) is 8.07. The molecule has 2 aromatic heterocycles. The fourth-order valence-electron chi connectivity index (χ4n) is 1.55. The molecule has 0 aliphatic carbocycles. The first kappa shape index (κ1) is 13.3. The van der Waals surface area contributed by atoms with E-state index in [1.54, 1.807) is 6.33 Å². The Morgan fingerprint density at radius 1 is 1.22 bits per heavy atom. The van der Waals surface area contributed by atoms with Crippen molar-refractivity contribution in [3.8, 4) is 0 Å². The molecule has 6 nitrogen and oxygen atoms in total. The van der Waals surface area contributed by atoms with Gasteiger partial charge in [0.05, 0.1) is 6.33 Å². The summed E-state index contributed by atoms with van der Waals surface area (Å²) < 4.78 is 1.97. The monoisotopic (exact) mass is 284 g/mol. The van der Waals surface area contributed by atoms with Crippen molar-refractivity contribution in [2.24, 2.45) is 0 Å². The summed E-state index contributed by atoms with van der Waals surface area (Å²) in [5, 5.41) is 0. The van der Waals surface area contributed by atoms with Crippen LogP contribution in [0.5, 0.6) is 0 Å². The molecule has 0 bridgehead atoms. The number of anilines is 2. The molecule has 8 heteroatoms. The molecule has 0 saturated heterocycles. The van der Waals surface area contributed by atoms with Crippen LogP contribution in [0.1, 0.15) is 0 Å². The Morgan fingerprint density at radius 3 is 2.83 bits per heavy atom. The molecule has 0 spiro atoms. The van der Waals surface area contributed by atoms with Gasteiger partial charge in [-0.15, -0.1) is 0 Å². The summed E-state index contributed by atoms with van der Waals surface area (Å²) in [7, 11) is 0. The topological polar surface area (TPSA) is 95.6 Å². The van der Waals surface area contributed by atoms with Crippen molar-refractivity contribution < 1.29 is 0 Å². The molecule has 2 rings (SSSR count). The number of fused-ring (bicyclic) bond motifs is 1. The summed E-state index contributed by atoms with van der Waals surface area (Å²) in [6, 6.07) is 0. The summed E-state index contributed by atoms with van der Waals surface area (Å²) in [5.41, 5.74) is 12.7. The number of imidazole rings is 1. The number of nitrogens with zero attached hydrogens (tertiary/aromatic N) is 4. The molecule has 4 N–H and O–H groups in total. The lowest BCUT2D eigenvalue weighted by atomic mass is 10.5. The van der Waals surface area contributed by atoms with Gasteiger partial charge in [-0.3, -0.25) is 0 Å². The maximum Gasteiger partial charge on any atom is 0.224 e. The fraction of sp³-hybridized carbons (Fsp3) is 0.500. The largest absolute Gasteiger partial charge is 0.382 e. The standard InChI is InChI=1S/C10H16N6S2/c1-17-4-5-18-3-2-16-6-13-7-8(11)14-10(12)15-9(7)16/h6H,2-5H2,1H3,(H4,11,12,14,15). The van der Waals surface area contributed by atoms with E-state index in [1.807, 2.05) is 28.1 Å². The van der Waals surface area contributed by atoms with Crippen molar-refractivity contribution in [1.82, 2.24) is 19.5 Å². The van der Waals surface area contributed by atoms with E-state index in [4.69, 9.17) is 11.5 Å². The minimum Gasteiger partial charge on any atom is -0.382 e. The van der Waals surface area contributed by atoms with E-state index >= 15 is 0 Å². The van der Waals surface area contributed by atoms with Gasteiger partial charge < -0.3 is 16.0 Å². The van der Waals surface area contributed by atoms with Gasteiger partial charge in [-0.25, -0.2) is 4.98 Å². The van der Waals surface area contributed by atoms with E-state index < -0.39 is 0 Å². The van der Waals surface area contributed by atoms with Crippen LogP contribution >= 0.6 is 23.5 Å². The van der Waals surface area contributed by atoms with Crippen molar-refractivity contribution in [3.63, 3.8) is 0 Å². The molecule has 0 saturated carbocycles. The lowest BCUT2D eigenvalue weighted by molar-refractivity contribution is 0.787. The van der Waals surface area contributed by atoms with Crippen LogP contribution in [0.3, 0.4) is 0 Å². The molecule has 0 aliphatic rings. The quantitative estimate of drug-likeness (QED) is 0.766. The SMILES string of the molecule is CSCCSCCn1cnc2c(N)nc(N)nc21. The van der Waals surface area contributed by atoms with Crippen molar-refractivity contribution in [3.05, 3.63) is 6.33 Å². The number of hydrogen-bond donors (Lipinski definition) is 2. The average molecular weight is 284 g/mol. The zero-order chi connectivity index (χ0) is 13.0. The van der Waals surface area contributed by atoms with Gasteiger partial charge in [-0.2, -0.15) is 33.5 Å². The molecule has 18 heavy (non-hydrogen) atoms. The summed E-state index contributed by atoms with van der Waals surface area (Å²) in [6.45, 7) is 0.853. The van der Waals surface area contributed by atoms with Gasteiger partial charge >= 0.3 is 0 Å². The highest BCUT2D eigenvalue weighted by Crippen LogP contribution is 2.17. The Labute approximate surface area is 114 Å². The number of nitrogens with two attached hydrogens (primary N) is 2. The van der Waals surface area contributed by atoms with Crippen LogP contribution in [0.2, 0.25) is 0 Å². The van der Waals surface area contributed by atoms with E-state index in [0.29, 0.717) is 17.0 Å². The Bertz CT molecular complexity index is 526. The zero-order valence-electron chi connectivity index (χ0n) is 10.2. The Hall–Kier alpha value is -1.15. The highest BCUT2D eigenvalue weighted by Gasteiger charge is 2.09. The summed E-state index contributed by atoms with van der Waals surface area (Å²) in [6.07, 6.45) is 3.86. The van der Waals surface area contributed by atoms with Gasteiger partial charge in [0.15, 0.2) is 11.5 Å². The number of nitrogen functional groups attached to an aromatic ring is 2. The van der Waals surface area contributed by atoms with Crippen molar-refractivity contribution in [2.45, 2.75) is 6.54 Å². The predicted octanol–water partition coefficient (Wildman–Crippen LogP) is 1.09. The molecule has 0 radical (unpaired) electrons. The number of rotatable bonds is 6. The molecule has 0 fully saturated rings. The first-order chi connectivity index (χ1) is 8.72. The number of thioether (sulfide) groups is 2. The normalized spacial score (nSPS) is 11.2. The summed E-state index contributed by atoms with van der Waals surface area (Å²) in [4.78, 5) is 12.3. The second-order valence-electron chi connectivity index (χ2n) is 3.68. The second kappa shape index (κ2) is 6.14. The van der Waals surface area contributed by atoms with E-state index in [-0.39, 0.29) is 5.95 Å². The maximum absolute atomic E-state index is 5.75. The van der Waals surface area contributed by atoms with E-state index in [0.717, 1.165) is 18.1 Å². The Kier molecular flexibility index (Phi) is 4.54. The van der Waals surface area contributed by atoms with Crippen molar-refractivity contribution in [2.75, 3.05) is 35.0 Å². The molecule has 0 unspecified atom stereocenters. The highest BCUT2D eigenvalue weighted by atomic mass is 32.2. The molecule has 98 valence electrons. The lowest BCUT2D eigenvalue weighted by Crippen LogP contribution is -2.05. The van der Waals surface area contributed by atoms with Gasteiger partial charge in [0, 0.05) is 23.8 Å². The van der Waals surface area contributed by atoms with E-state index in [9.17, 15) is 0 Å². The Morgan fingerprint density at radius 2 is 2.06 bits per heavy atom. The van der Waals surface area contributed by atoms with Crippen LogP contribution in [-0.2, 0) is 6.54 Å². The van der Waals surface area contributed by atoms with Crippen LogP contribution in [-0.4, -0.2) is 43.0 Å². The molecular weight excluding hydrogens is 268 g/mol. The zero-order valence-corrected chi connectivity index (χ0v) is 11.8. The van der Waals surface area contributed by atoms with Crippen LogP contribution in [0.4, 0.5) is 11.8 Å². The van der Waals surface area contributed by atoms with Crippen LogP contribution in [0.15, 0.2) is 6.33 Å². The molecule has 0 amide bonds. The third-order valence-electron chi connectivity index (χ3n) is 2.42. The number of aromatic nitrogens is 4. The third kappa shape index (κ3) is 2.99. The van der Waals surface area contributed by atoms with E-state index in [1.165, 1.54) is 5.75 Å². The highest BCUT2D eigenvalue weighted by molar-refractivity contribution is 8.02. The predicted molar refractivity (Wildman–Crippen MR) is 79.9 cm³/mol. The van der Waals surface area contributed by atoms with Crippen molar-refractivity contribution in [1.29, 1.82) is 0 Å². The van der Waals surface area contributed by atoms with Gasteiger partial charge in [0.1, 0.15) is 5.52 Å². The van der Waals surface area contributed by atoms with Gasteiger partial charge in [0.2, 0.25) is 5.95 Å². The van der Waals surface area contributed by atoms with Crippen molar-refractivity contribution >= 4 is 46.5 Å². The summed E-state index contributed by atoms with van der Waals surface area (Å²) >= 11 is 3.78. The summed E-state index contributed by atoms with van der Waals surface area (Å²) in [5.74, 6) is 3.89.